The topological polar surface area (TPSA) is 36.4 Å². The summed E-state index contributed by atoms with van der Waals surface area (Å²) >= 11 is 0. The van der Waals surface area contributed by atoms with E-state index in [9.17, 15) is 4.79 Å². The summed E-state index contributed by atoms with van der Waals surface area (Å²) < 4.78 is 0. The summed E-state index contributed by atoms with van der Waals surface area (Å²) in [5.41, 5.74) is 0.711. The van der Waals surface area contributed by atoms with Crippen molar-refractivity contribution in [1.82, 2.24) is 9.88 Å². The van der Waals surface area contributed by atoms with Crippen molar-refractivity contribution in [1.29, 1.82) is 0 Å². The highest BCUT2D eigenvalue weighted by atomic mass is 16.2. The lowest BCUT2D eigenvalue weighted by Gasteiger charge is -2.34. The Morgan fingerprint density at radius 3 is 2.89 bits per heavy atom. The molecule has 1 aromatic rings. The van der Waals surface area contributed by atoms with E-state index in [1.165, 1.54) is 19.3 Å². The van der Waals surface area contributed by atoms with Crippen molar-refractivity contribution in [3.63, 3.8) is 0 Å². The molecule has 4 heteroatoms. The molecule has 98 valence electrons. The highest BCUT2D eigenvalue weighted by Gasteiger charge is 2.20. The number of rotatable bonds is 2. The minimum atomic E-state index is 0.0308. The first-order chi connectivity index (χ1) is 8.59. The van der Waals surface area contributed by atoms with Gasteiger partial charge in [-0.3, -0.25) is 4.79 Å². The van der Waals surface area contributed by atoms with Crippen LogP contribution in [0, 0.1) is 0 Å². The third-order valence-corrected chi connectivity index (χ3v) is 3.50. The van der Waals surface area contributed by atoms with E-state index in [0.29, 0.717) is 11.6 Å². The van der Waals surface area contributed by atoms with Crippen molar-refractivity contribution in [2.45, 2.75) is 32.2 Å². The zero-order valence-corrected chi connectivity index (χ0v) is 11.4. The van der Waals surface area contributed by atoms with Gasteiger partial charge in [0.2, 0.25) is 0 Å². The van der Waals surface area contributed by atoms with Gasteiger partial charge in [-0.1, -0.05) is 0 Å². The lowest BCUT2D eigenvalue weighted by Crippen LogP contribution is -2.38. The van der Waals surface area contributed by atoms with E-state index in [2.05, 4.69) is 16.8 Å². The molecule has 1 fully saturated rings. The van der Waals surface area contributed by atoms with Crippen molar-refractivity contribution in [2.75, 3.05) is 25.5 Å². The lowest BCUT2D eigenvalue weighted by atomic mass is 10.0. The molecule has 0 spiro atoms. The van der Waals surface area contributed by atoms with Crippen molar-refractivity contribution in [2.24, 2.45) is 0 Å². The molecule has 4 nitrogen and oxygen atoms in total. The van der Waals surface area contributed by atoms with Crippen LogP contribution in [0.3, 0.4) is 0 Å². The largest absolute Gasteiger partial charge is 0.354 e. The third kappa shape index (κ3) is 2.63. The van der Waals surface area contributed by atoms with Gasteiger partial charge in [-0.25, -0.2) is 4.98 Å². The number of piperidine rings is 1. The molecule has 0 saturated carbocycles. The maximum Gasteiger partial charge on any atom is 0.253 e. The summed E-state index contributed by atoms with van der Waals surface area (Å²) in [5, 5.41) is 0. The van der Waals surface area contributed by atoms with Crippen LogP contribution in [0.5, 0.6) is 0 Å². The Bertz CT molecular complexity index is 431. The summed E-state index contributed by atoms with van der Waals surface area (Å²) in [4.78, 5) is 20.2. The fraction of sp³-hybridized carbons (Fsp3) is 0.571. The quantitative estimate of drug-likeness (QED) is 0.803. The fourth-order valence-corrected chi connectivity index (χ4v) is 2.41. The van der Waals surface area contributed by atoms with Crippen molar-refractivity contribution in [3.05, 3.63) is 23.9 Å². The molecule has 2 heterocycles. The molecule has 0 N–H and O–H groups in total. The van der Waals surface area contributed by atoms with Gasteiger partial charge in [-0.15, -0.1) is 0 Å². The average molecular weight is 247 g/mol. The monoisotopic (exact) mass is 247 g/mol. The van der Waals surface area contributed by atoms with E-state index in [1.807, 2.05) is 6.07 Å². The molecular weight excluding hydrogens is 226 g/mol. The number of carbonyl (C=O) groups excluding carboxylic acids is 1. The number of carbonyl (C=O) groups is 1. The number of pyridine rings is 1. The number of amides is 1. The van der Waals surface area contributed by atoms with Crippen LogP contribution >= 0.6 is 0 Å². The Hall–Kier alpha value is -1.58. The van der Waals surface area contributed by atoms with Crippen molar-refractivity contribution in [3.8, 4) is 0 Å². The van der Waals surface area contributed by atoms with Crippen LogP contribution in [0.1, 0.15) is 36.5 Å². The highest BCUT2D eigenvalue weighted by Crippen LogP contribution is 2.23. The van der Waals surface area contributed by atoms with Gasteiger partial charge in [0.05, 0.1) is 0 Å². The summed E-state index contributed by atoms with van der Waals surface area (Å²) in [7, 11) is 3.54. The molecule has 0 bridgehead atoms. The minimum Gasteiger partial charge on any atom is -0.354 e. The number of anilines is 1. The molecule has 2 rings (SSSR count). The molecule has 18 heavy (non-hydrogen) atoms. The normalized spacial score (nSPS) is 19.7. The second kappa shape index (κ2) is 5.38. The maximum absolute atomic E-state index is 11.9. The second-order valence-electron chi connectivity index (χ2n) is 5.14. The summed E-state index contributed by atoms with van der Waals surface area (Å²) in [5.74, 6) is 0.957. The first-order valence-electron chi connectivity index (χ1n) is 6.54. The van der Waals surface area contributed by atoms with E-state index in [-0.39, 0.29) is 5.91 Å². The molecule has 1 saturated heterocycles. The van der Waals surface area contributed by atoms with Crippen LogP contribution in [0.2, 0.25) is 0 Å². The van der Waals surface area contributed by atoms with E-state index in [0.717, 1.165) is 12.4 Å². The predicted molar refractivity (Wildman–Crippen MR) is 72.9 cm³/mol. The summed E-state index contributed by atoms with van der Waals surface area (Å²) in [6, 6.07) is 4.20. The fourth-order valence-electron chi connectivity index (χ4n) is 2.41. The van der Waals surface area contributed by atoms with Crippen LogP contribution in [-0.4, -0.2) is 42.5 Å². The Kier molecular flexibility index (Phi) is 3.84. The first-order valence-corrected chi connectivity index (χ1v) is 6.54. The zero-order valence-electron chi connectivity index (χ0n) is 11.4. The summed E-state index contributed by atoms with van der Waals surface area (Å²) in [6.45, 7) is 3.26. The highest BCUT2D eigenvalue weighted by molar-refractivity contribution is 5.94. The van der Waals surface area contributed by atoms with Gasteiger partial charge in [0.25, 0.3) is 5.91 Å². The molecule has 1 atom stereocenters. The standard InChI is InChI=1S/C14H21N3O/c1-11-6-4-5-9-17(11)13-10-12(7-8-15-13)14(18)16(2)3/h7-8,10-11H,4-6,9H2,1-3H3/t11-/m1/s1. The SMILES string of the molecule is C[C@@H]1CCCCN1c1cc(C(=O)N(C)C)ccn1. The Balaban J connectivity index is 2.23. The molecule has 0 unspecified atom stereocenters. The molecule has 1 amide bonds. The van der Waals surface area contributed by atoms with E-state index in [4.69, 9.17) is 0 Å². The first kappa shape index (κ1) is 12.9. The van der Waals surface area contributed by atoms with Crippen molar-refractivity contribution < 1.29 is 4.79 Å². The maximum atomic E-state index is 11.9. The lowest BCUT2D eigenvalue weighted by molar-refractivity contribution is 0.0827. The predicted octanol–water partition coefficient (Wildman–Crippen LogP) is 2.16. The molecule has 1 aliphatic heterocycles. The Morgan fingerprint density at radius 1 is 1.44 bits per heavy atom. The number of hydrogen-bond donors (Lipinski definition) is 0. The number of nitrogens with zero attached hydrogens (tertiary/aromatic N) is 3. The second-order valence-corrected chi connectivity index (χ2v) is 5.14. The van der Waals surface area contributed by atoms with E-state index < -0.39 is 0 Å². The van der Waals surface area contributed by atoms with Gasteiger partial charge >= 0.3 is 0 Å². The van der Waals surface area contributed by atoms with Crippen LogP contribution in [0.4, 0.5) is 5.82 Å². The van der Waals surface area contributed by atoms with Gasteiger partial charge < -0.3 is 9.80 Å². The third-order valence-electron chi connectivity index (χ3n) is 3.50. The number of hydrogen-bond acceptors (Lipinski definition) is 3. The molecular formula is C14H21N3O. The van der Waals surface area contributed by atoms with Crippen LogP contribution in [0.25, 0.3) is 0 Å². The molecule has 0 radical (unpaired) electrons. The average Bonchev–Trinajstić information content (AvgIpc) is 2.38. The number of aromatic nitrogens is 1. The Morgan fingerprint density at radius 2 is 2.22 bits per heavy atom. The van der Waals surface area contributed by atoms with Crippen molar-refractivity contribution >= 4 is 11.7 Å². The van der Waals surface area contributed by atoms with E-state index >= 15 is 0 Å². The van der Waals surface area contributed by atoms with Gasteiger partial charge in [-0.2, -0.15) is 0 Å². The zero-order chi connectivity index (χ0) is 13.1. The molecule has 1 aliphatic rings. The van der Waals surface area contributed by atoms with Gasteiger partial charge in [-0.05, 0) is 38.3 Å². The summed E-state index contributed by atoms with van der Waals surface area (Å²) in [6.07, 6.45) is 5.42. The van der Waals surface area contributed by atoms with Crippen LogP contribution < -0.4 is 4.90 Å². The van der Waals surface area contributed by atoms with Gasteiger partial charge in [0.1, 0.15) is 5.82 Å². The van der Waals surface area contributed by atoms with Crippen LogP contribution in [0.15, 0.2) is 18.3 Å². The minimum absolute atomic E-state index is 0.0308. The smallest absolute Gasteiger partial charge is 0.253 e. The molecule has 1 aromatic heterocycles. The van der Waals surface area contributed by atoms with Gasteiger partial charge in [0.15, 0.2) is 0 Å². The molecule has 0 aliphatic carbocycles. The van der Waals surface area contributed by atoms with Crippen LogP contribution in [-0.2, 0) is 0 Å². The Labute approximate surface area is 109 Å². The van der Waals surface area contributed by atoms with Gasteiger partial charge in [0, 0.05) is 38.4 Å². The molecule has 0 aromatic carbocycles. The van der Waals surface area contributed by atoms with E-state index in [1.54, 1.807) is 31.3 Å².